The van der Waals surface area contributed by atoms with Crippen molar-refractivity contribution in [3.63, 3.8) is 0 Å². The molecule has 0 radical (unpaired) electrons. The highest BCUT2D eigenvalue weighted by Crippen LogP contribution is 2.35. The van der Waals surface area contributed by atoms with Crippen molar-refractivity contribution in [1.82, 2.24) is 4.90 Å². The van der Waals surface area contributed by atoms with E-state index in [4.69, 9.17) is 19.5 Å². The molecule has 1 N–H and O–H groups in total. The Hall–Kier alpha value is -2.84. The maximum Gasteiger partial charge on any atom is 0.234 e. The van der Waals surface area contributed by atoms with Gasteiger partial charge in [0.25, 0.3) is 0 Å². The largest absolute Gasteiger partial charge is 0.497 e. The van der Waals surface area contributed by atoms with E-state index in [0.29, 0.717) is 0 Å². The molecule has 0 aliphatic carbocycles. The first-order valence-corrected chi connectivity index (χ1v) is 12.2. The third-order valence-corrected chi connectivity index (χ3v) is 6.98. The Morgan fingerprint density at radius 1 is 1.00 bits per heavy atom. The van der Waals surface area contributed by atoms with Gasteiger partial charge in [-0.05, 0) is 55.1 Å². The number of hydrogen-bond donors (Lipinski definition) is 1. The first kappa shape index (κ1) is 23.3. The molecule has 2 aromatic carbocycles. The van der Waals surface area contributed by atoms with Gasteiger partial charge in [-0.1, -0.05) is 18.7 Å². The van der Waals surface area contributed by atoms with E-state index in [9.17, 15) is 4.79 Å². The Bertz CT molecular complexity index is 1030. The molecule has 0 bridgehead atoms. The fraction of sp³-hybridized carbons (Fsp3) is 0.400. The van der Waals surface area contributed by atoms with Crippen LogP contribution in [0.3, 0.4) is 0 Å². The first-order valence-electron chi connectivity index (χ1n) is 11.2. The monoisotopic (exact) mass is 466 g/mol. The van der Waals surface area contributed by atoms with Crippen LogP contribution in [0.5, 0.6) is 11.5 Å². The summed E-state index contributed by atoms with van der Waals surface area (Å²) in [6, 6.07) is 15.2. The standard InChI is InChI=1S/C25H30N4O3S/c1-4-29-15-13-25(14-16-29)27-23(18-5-9-20(31-2)10-6-18)24(28-25)33-17-22(30)26-19-7-11-21(32-3)12-8-19/h5-12H,4,13-17H2,1-3H3,(H,26,30). The van der Waals surface area contributed by atoms with Crippen LogP contribution in [0.1, 0.15) is 25.3 Å². The van der Waals surface area contributed by atoms with Crippen molar-refractivity contribution in [3.05, 3.63) is 54.1 Å². The van der Waals surface area contributed by atoms with E-state index in [0.717, 1.165) is 66.0 Å². The van der Waals surface area contributed by atoms with Crippen LogP contribution in [-0.4, -0.2) is 66.8 Å². The topological polar surface area (TPSA) is 75.5 Å². The van der Waals surface area contributed by atoms with Gasteiger partial charge in [0.15, 0.2) is 5.66 Å². The van der Waals surface area contributed by atoms with Gasteiger partial charge in [-0.25, -0.2) is 4.99 Å². The second kappa shape index (κ2) is 10.4. The molecule has 1 saturated heterocycles. The summed E-state index contributed by atoms with van der Waals surface area (Å²) in [5.41, 5.74) is 2.18. The zero-order valence-electron chi connectivity index (χ0n) is 19.3. The van der Waals surface area contributed by atoms with E-state index in [1.54, 1.807) is 14.2 Å². The van der Waals surface area contributed by atoms with Crippen LogP contribution in [0.2, 0.25) is 0 Å². The van der Waals surface area contributed by atoms with Crippen molar-refractivity contribution < 1.29 is 14.3 Å². The number of carbonyl (C=O) groups is 1. The van der Waals surface area contributed by atoms with Crippen molar-refractivity contribution in [2.75, 3.05) is 44.9 Å². The van der Waals surface area contributed by atoms with Crippen LogP contribution in [0.4, 0.5) is 5.69 Å². The molecule has 0 aromatic heterocycles. The second-order valence-corrected chi connectivity index (χ2v) is 9.05. The Morgan fingerprint density at radius 2 is 1.61 bits per heavy atom. The molecule has 4 rings (SSSR count). The molecular weight excluding hydrogens is 436 g/mol. The van der Waals surface area contributed by atoms with E-state index < -0.39 is 5.66 Å². The van der Waals surface area contributed by atoms with Gasteiger partial charge in [0, 0.05) is 37.2 Å². The van der Waals surface area contributed by atoms with E-state index in [1.807, 2.05) is 48.5 Å². The normalized spacial score (nSPS) is 17.4. The lowest BCUT2D eigenvalue weighted by molar-refractivity contribution is -0.113. The minimum atomic E-state index is -0.421. The number of likely N-dealkylation sites (tertiary alicyclic amines) is 1. The van der Waals surface area contributed by atoms with Crippen molar-refractivity contribution in [2.24, 2.45) is 9.98 Å². The summed E-state index contributed by atoms with van der Waals surface area (Å²) in [5.74, 6) is 1.73. The number of hydrogen-bond acceptors (Lipinski definition) is 7. The SMILES string of the molecule is CCN1CCC2(CC1)N=C(SCC(=O)Nc1ccc(OC)cc1)C(c1ccc(OC)cc1)=N2. The molecule has 2 aliphatic heterocycles. The zero-order valence-corrected chi connectivity index (χ0v) is 20.2. The van der Waals surface area contributed by atoms with Crippen LogP contribution < -0.4 is 14.8 Å². The fourth-order valence-electron chi connectivity index (χ4n) is 4.02. The van der Waals surface area contributed by atoms with Crippen molar-refractivity contribution in [3.8, 4) is 11.5 Å². The minimum absolute atomic E-state index is 0.0799. The molecule has 0 unspecified atom stereocenters. The highest BCUT2D eigenvalue weighted by Gasteiger charge is 2.39. The van der Waals surface area contributed by atoms with Crippen molar-refractivity contribution >= 4 is 34.1 Å². The molecule has 174 valence electrons. The number of thioether (sulfide) groups is 1. The molecule has 2 aromatic rings. The number of carbonyl (C=O) groups excluding carboxylic acids is 1. The zero-order chi connectivity index (χ0) is 23.3. The third-order valence-electron chi connectivity index (χ3n) is 6.01. The number of nitrogens with zero attached hydrogens (tertiary/aromatic N) is 3. The predicted molar refractivity (Wildman–Crippen MR) is 135 cm³/mol. The van der Waals surface area contributed by atoms with E-state index >= 15 is 0 Å². The Balaban J connectivity index is 1.48. The maximum atomic E-state index is 12.6. The Labute approximate surface area is 199 Å². The second-order valence-electron chi connectivity index (χ2n) is 8.09. The highest BCUT2D eigenvalue weighted by atomic mass is 32.2. The minimum Gasteiger partial charge on any atom is -0.497 e. The molecule has 8 heteroatoms. The highest BCUT2D eigenvalue weighted by molar-refractivity contribution is 8.16. The third kappa shape index (κ3) is 5.57. The van der Waals surface area contributed by atoms with E-state index in [-0.39, 0.29) is 11.7 Å². The van der Waals surface area contributed by atoms with Gasteiger partial charge in [-0.15, -0.1) is 0 Å². The van der Waals surface area contributed by atoms with Crippen LogP contribution in [-0.2, 0) is 4.79 Å². The fourth-order valence-corrected chi connectivity index (χ4v) is 4.89. The molecule has 7 nitrogen and oxygen atoms in total. The van der Waals surface area contributed by atoms with Gasteiger partial charge in [0.1, 0.15) is 16.5 Å². The molecule has 2 aliphatic rings. The van der Waals surface area contributed by atoms with Crippen LogP contribution in [0.15, 0.2) is 58.5 Å². The van der Waals surface area contributed by atoms with Gasteiger partial charge in [-0.2, -0.15) is 0 Å². The number of ether oxygens (including phenoxy) is 2. The molecular formula is C25H30N4O3S. The molecule has 2 heterocycles. The summed E-state index contributed by atoms with van der Waals surface area (Å²) < 4.78 is 10.5. The quantitative estimate of drug-likeness (QED) is 0.665. The predicted octanol–water partition coefficient (Wildman–Crippen LogP) is 4.09. The van der Waals surface area contributed by atoms with E-state index in [1.165, 1.54) is 11.8 Å². The van der Waals surface area contributed by atoms with Crippen LogP contribution in [0, 0.1) is 0 Å². The number of anilines is 1. The van der Waals surface area contributed by atoms with Gasteiger partial charge >= 0.3 is 0 Å². The number of piperidine rings is 1. The number of rotatable bonds is 7. The molecule has 33 heavy (non-hydrogen) atoms. The number of benzene rings is 2. The molecule has 0 atom stereocenters. The number of aliphatic imine (C=N–C) groups is 2. The van der Waals surface area contributed by atoms with Gasteiger partial charge in [-0.3, -0.25) is 9.79 Å². The maximum absolute atomic E-state index is 12.6. The number of methoxy groups -OCH3 is 2. The smallest absolute Gasteiger partial charge is 0.234 e. The average molecular weight is 467 g/mol. The summed E-state index contributed by atoms with van der Waals surface area (Å²) in [5, 5.41) is 3.77. The number of amides is 1. The van der Waals surface area contributed by atoms with Crippen molar-refractivity contribution in [1.29, 1.82) is 0 Å². The van der Waals surface area contributed by atoms with E-state index in [2.05, 4.69) is 17.1 Å². The first-order chi connectivity index (χ1) is 16.0. The van der Waals surface area contributed by atoms with Gasteiger partial charge in [0.2, 0.25) is 5.91 Å². The van der Waals surface area contributed by atoms with Gasteiger partial charge < -0.3 is 19.7 Å². The van der Waals surface area contributed by atoms with Crippen LogP contribution in [0.25, 0.3) is 0 Å². The Kier molecular flexibility index (Phi) is 7.35. The summed E-state index contributed by atoms with van der Waals surface area (Å²) in [6.07, 6.45) is 1.78. The summed E-state index contributed by atoms with van der Waals surface area (Å²) in [7, 11) is 3.27. The number of nitrogens with one attached hydrogen (secondary N) is 1. The lowest BCUT2D eigenvalue weighted by atomic mass is 9.98. The summed E-state index contributed by atoms with van der Waals surface area (Å²) in [6.45, 7) is 5.19. The lowest BCUT2D eigenvalue weighted by Gasteiger charge is -2.34. The molecule has 0 saturated carbocycles. The molecule has 1 amide bonds. The van der Waals surface area contributed by atoms with Crippen LogP contribution >= 0.6 is 11.8 Å². The van der Waals surface area contributed by atoms with Crippen molar-refractivity contribution in [2.45, 2.75) is 25.4 Å². The summed E-state index contributed by atoms with van der Waals surface area (Å²) in [4.78, 5) is 25.2. The molecule has 1 fully saturated rings. The molecule has 1 spiro atoms. The van der Waals surface area contributed by atoms with Gasteiger partial charge in [0.05, 0.1) is 25.7 Å². The Morgan fingerprint density at radius 3 is 2.18 bits per heavy atom. The summed E-state index contributed by atoms with van der Waals surface area (Å²) >= 11 is 1.44. The average Bonchev–Trinajstić information content (AvgIpc) is 3.21. The lowest BCUT2D eigenvalue weighted by Crippen LogP contribution is -2.41.